The molecule has 2 aliphatic carbocycles. The summed E-state index contributed by atoms with van der Waals surface area (Å²) in [7, 11) is 3.61. The molecule has 0 aromatic heterocycles. The van der Waals surface area contributed by atoms with Crippen LogP contribution in [0.1, 0.15) is 64.2 Å². The van der Waals surface area contributed by atoms with Crippen LogP contribution in [0.3, 0.4) is 0 Å². The minimum atomic E-state index is 0.741. The number of hydrogen-bond acceptors (Lipinski definition) is 4. The monoisotopic (exact) mass is 312 g/mol. The van der Waals surface area contributed by atoms with Gasteiger partial charge >= 0.3 is 0 Å². The topological polar surface area (TPSA) is 24.9 Å². The van der Waals surface area contributed by atoms with Gasteiger partial charge in [-0.3, -0.25) is 0 Å². The van der Waals surface area contributed by atoms with Crippen molar-refractivity contribution in [3.05, 3.63) is 0 Å². The van der Waals surface area contributed by atoms with E-state index in [9.17, 15) is 0 Å². The standard InChI is InChI=1S/C18H36N2O2/c1-21-15-13-19(14-16-22-2)20(17-9-5-3-6-10-17)18-11-7-4-8-12-18/h17-18H,3-16H2,1-2H3. The summed E-state index contributed by atoms with van der Waals surface area (Å²) >= 11 is 0. The predicted molar refractivity (Wildman–Crippen MR) is 90.9 cm³/mol. The van der Waals surface area contributed by atoms with Crippen molar-refractivity contribution >= 4 is 0 Å². The highest BCUT2D eigenvalue weighted by molar-refractivity contribution is 4.83. The zero-order valence-electron chi connectivity index (χ0n) is 14.8. The molecule has 0 bridgehead atoms. The minimum absolute atomic E-state index is 0.741. The maximum absolute atomic E-state index is 5.37. The average Bonchev–Trinajstić information content (AvgIpc) is 2.59. The maximum atomic E-state index is 5.37. The summed E-state index contributed by atoms with van der Waals surface area (Å²) in [4.78, 5) is 0. The zero-order chi connectivity index (χ0) is 15.6. The largest absolute Gasteiger partial charge is 0.383 e. The molecule has 0 saturated heterocycles. The molecule has 0 aliphatic heterocycles. The van der Waals surface area contributed by atoms with Gasteiger partial charge in [-0.25, -0.2) is 10.0 Å². The molecule has 0 unspecified atom stereocenters. The lowest BCUT2D eigenvalue weighted by Crippen LogP contribution is -2.56. The first-order valence-corrected chi connectivity index (χ1v) is 9.38. The van der Waals surface area contributed by atoms with Crippen molar-refractivity contribution in [2.45, 2.75) is 76.3 Å². The third-order valence-corrected chi connectivity index (χ3v) is 5.33. The molecule has 0 atom stereocenters. The first kappa shape index (κ1) is 18.2. The summed E-state index contributed by atoms with van der Waals surface area (Å²) in [5.41, 5.74) is 0. The maximum Gasteiger partial charge on any atom is 0.0603 e. The highest BCUT2D eigenvalue weighted by Crippen LogP contribution is 2.31. The van der Waals surface area contributed by atoms with Crippen molar-refractivity contribution in [3.63, 3.8) is 0 Å². The molecule has 0 N–H and O–H groups in total. The molecule has 2 rings (SSSR count). The van der Waals surface area contributed by atoms with E-state index in [0.717, 1.165) is 38.4 Å². The summed E-state index contributed by atoms with van der Waals surface area (Å²) in [6.45, 7) is 3.60. The Labute approximate surface area is 137 Å². The summed E-state index contributed by atoms with van der Waals surface area (Å²) in [6, 6.07) is 1.48. The predicted octanol–water partition coefficient (Wildman–Crippen LogP) is 3.46. The van der Waals surface area contributed by atoms with Crippen LogP contribution in [0.2, 0.25) is 0 Å². The molecule has 2 fully saturated rings. The van der Waals surface area contributed by atoms with Gasteiger partial charge in [-0.1, -0.05) is 38.5 Å². The lowest BCUT2D eigenvalue weighted by molar-refractivity contribution is -0.125. The van der Waals surface area contributed by atoms with Crippen molar-refractivity contribution in [2.24, 2.45) is 0 Å². The Bertz CT molecular complexity index is 250. The Balaban J connectivity index is 2.06. The van der Waals surface area contributed by atoms with Crippen LogP contribution in [-0.2, 0) is 9.47 Å². The molecule has 2 saturated carbocycles. The molecule has 130 valence electrons. The molecule has 22 heavy (non-hydrogen) atoms. The lowest BCUT2D eigenvalue weighted by Gasteiger charge is -2.47. The van der Waals surface area contributed by atoms with E-state index < -0.39 is 0 Å². The number of hydrazine groups is 1. The van der Waals surface area contributed by atoms with Crippen molar-refractivity contribution in [1.82, 2.24) is 10.0 Å². The average molecular weight is 312 g/mol. The van der Waals surface area contributed by atoms with Crippen LogP contribution in [0.4, 0.5) is 0 Å². The van der Waals surface area contributed by atoms with Crippen molar-refractivity contribution in [3.8, 4) is 0 Å². The van der Waals surface area contributed by atoms with Gasteiger partial charge in [-0.2, -0.15) is 0 Å². The van der Waals surface area contributed by atoms with E-state index in [1.165, 1.54) is 64.2 Å². The fourth-order valence-electron chi connectivity index (χ4n) is 4.19. The van der Waals surface area contributed by atoms with Gasteiger partial charge in [0, 0.05) is 39.4 Å². The molecule has 4 nitrogen and oxygen atoms in total. The van der Waals surface area contributed by atoms with Crippen LogP contribution in [0, 0.1) is 0 Å². The van der Waals surface area contributed by atoms with Crippen LogP contribution in [-0.4, -0.2) is 62.6 Å². The molecular formula is C18H36N2O2. The zero-order valence-corrected chi connectivity index (χ0v) is 14.8. The van der Waals surface area contributed by atoms with Gasteiger partial charge in [0.1, 0.15) is 0 Å². The van der Waals surface area contributed by atoms with Crippen molar-refractivity contribution in [1.29, 1.82) is 0 Å². The highest BCUT2D eigenvalue weighted by atomic mass is 16.5. The Hall–Kier alpha value is -0.160. The second-order valence-electron chi connectivity index (χ2n) is 6.90. The van der Waals surface area contributed by atoms with Gasteiger partial charge < -0.3 is 9.47 Å². The Morgan fingerprint density at radius 2 is 1.09 bits per heavy atom. The molecule has 0 heterocycles. The van der Waals surface area contributed by atoms with E-state index in [1.807, 2.05) is 0 Å². The summed E-state index contributed by atoms with van der Waals surface area (Å²) in [6.07, 6.45) is 13.9. The van der Waals surface area contributed by atoms with Crippen LogP contribution < -0.4 is 0 Å². The first-order valence-electron chi connectivity index (χ1n) is 9.38. The summed E-state index contributed by atoms with van der Waals surface area (Å²) in [5.74, 6) is 0. The Morgan fingerprint density at radius 3 is 1.45 bits per heavy atom. The Morgan fingerprint density at radius 1 is 0.682 bits per heavy atom. The highest BCUT2D eigenvalue weighted by Gasteiger charge is 2.32. The smallest absolute Gasteiger partial charge is 0.0603 e. The fraction of sp³-hybridized carbons (Fsp3) is 1.00. The van der Waals surface area contributed by atoms with Crippen LogP contribution >= 0.6 is 0 Å². The normalized spacial score (nSPS) is 21.8. The van der Waals surface area contributed by atoms with Gasteiger partial charge in [-0.05, 0) is 25.7 Å². The van der Waals surface area contributed by atoms with Gasteiger partial charge in [0.05, 0.1) is 13.2 Å². The SMILES string of the molecule is COCCN(CCOC)N(C1CCCCC1)C1CCCCC1. The quantitative estimate of drug-likeness (QED) is 0.609. The number of methoxy groups -OCH3 is 2. The number of rotatable bonds is 9. The van der Waals surface area contributed by atoms with E-state index >= 15 is 0 Å². The molecule has 0 aromatic rings. The molecule has 0 amide bonds. The lowest BCUT2D eigenvalue weighted by atomic mass is 9.90. The van der Waals surface area contributed by atoms with Crippen LogP contribution in [0.25, 0.3) is 0 Å². The molecule has 2 aliphatic rings. The van der Waals surface area contributed by atoms with Crippen LogP contribution in [0.5, 0.6) is 0 Å². The Kier molecular flexibility index (Phi) is 8.75. The minimum Gasteiger partial charge on any atom is -0.383 e. The fourth-order valence-corrected chi connectivity index (χ4v) is 4.19. The molecule has 4 heteroatoms. The number of nitrogens with zero attached hydrogens (tertiary/aromatic N) is 2. The van der Waals surface area contributed by atoms with E-state index in [4.69, 9.17) is 9.47 Å². The van der Waals surface area contributed by atoms with E-state index in [0.29, 0.717) is 0 Å². The van der Waals surface area contributed by atoms with Gasteiger partial charge in [0.2, 0.25) is 0 Å². The van der Waals surface area contributed by atoms with Gasteiger partial charge in [-0.15, -0.1) is 0 Å². The summed E-state index contributed by atoms with van der Waals surface area (Å²) in [5, 5.41) is 5.33. The molecule has 0 spiro atoms. The molecule has 0 radical (unpaired) electrons. The first-order chi connectivity index (χ1) is 10.9. The second-order valence-corrected chi connectivity index (χ2v) is 6.90. The second kappa shape index (κ2) is 10.6. The van der Waals surface area contributed by atoms with Crippen LogP contribution in [0.15, 0.2) is 0 Å². The van der Waals surface area contributed by atoms with E-state index in [2.05, 4.69) is 10.0 Å². The summed E-state index contributed by atoms with van der Waals surface area (Å²) < 4.78 is 10.7. The van der Waals surface area contributed by atoms with Crippen molar-refractivity contribution < 1.29 is 9.47 Å². The van der Waals surface area contributed by atoms with Gasteiger partial charge in [0.25, 0.3) is 0 Å². The third-order valence-electron chi connectivity index (χ3n) is 5.33. The van der Waals surface area contributed by atoms with E-state index in [1.54, 1.807) is 14.2 Å². The van der Waals surface area contributed by atoms with Gasteiger partial charge in [0.15, 0.2) is 0 Å². The van der Waals surface area contributed by atoms with E-state index in [-0.39, 0.29) is 0 Å². The molecule has 0 aromatic carbocycles. The third kappa shape index (κ3) is 5.48. The van der Waals surface area contributed by atoms with Crippen molar-refractivity contribution in [2.75, 3.05) is 40.5 Å². The number of hydrogen-bond donors (Lipinski definition) is 0. The number of ether oxygens (including phenoxy) is 2. The molecular weight excluding hydrogens is 276 g/mol.